The molecule has 2 heterocycles. The Bertz CT molecular complexity index is 631. The summed E-state index contributed by atoms with van der Waals surface area (Å²) in [6, 6.07) is 7.62. The van der Waals surface area contributed by atoms with Gasteiger partial charge >= 0.3 is 0 Å². The minimum atomic E-state index is 0.250. The van der Waals surface area contributed by atoms with Gasteiger partial charge in [0.1, 0.15) is 0 Å². The quantitative estimate of drug-likeness (QED) is 0.936. The summed E-state index contributed by atoms with van der Waals surface area (Å²) in [5.74, 6) is 0.914. The standard InChI is InChI=1S/C14H16ClN5S/c15-10-6-2-3-7-11(10)21-14-18-12(16)17-13(19-14)20-8-4-1-5-9-20/h2-3,6-7H,1,4-5,8-9H2,(H2,16,17,18,19). The molecule has 0 amide bonds. The number of benzene rings is 1. The highest BCUT2D eigenvalue weighted by Crippen LogP contribution is 2.32. The van der Waals surface area contributed by atoms with Crippen LogP contribution in [0.25, 0.3) is 0 Å². The molecule has 0 atom stereocenters. The number of hydrogen-bond acceptors (Lipinski definition) is 6. The summed E-state index contributed by atoms with van der Waals surface area (Å²) in [6.45, 7) is 1.94. The number of piperidine rings is 1. The first-order chi connectivity index (χ1) is 10.2. The number of nitrogens with two attached hydrogens (primary N) is 1. The van der Waals surface area contributed by atoms with Gasteiger partial charge in [-0.15, -0.1) is 0 Å². The van der Waals surface area contributed by atoms with Crippen LogP contribution in [0.3, 0.4) is 0 Å². The fourth-order valence-electron chi connectivity index (χ4n) is 2.27. The number of rotatable bonds is 3. The highest BCUT2D eigenvalue weighted by molar-refractivity contribution is 7.99. The van der Waals surface area contributed by atoms with Gasteiger partial charge in [-0.3, -0.25) is 0 Å². The number of anilines is 2. The molecule has 1 fully saturated rings. The van der Waals surface area contributed by atoms with Gasteiger partial charge in [0.15, 0.2) is 5.16 Å². The van der Waals surface area contributed by atoms with E-state index in [0.717, 1.165) is 18.0 Å². The van der Waals surface area contributed by atoms with Crippen molar-refractivity contribution in [3.63, 3.8) is 0 Å². The van der Waals surface area contributed by atoms with E-state index in [1.165, 1.54) is 31.0 Å². The molecule has 2 N–H and O–H groups in total. The summed E-state index contributed by atoms with van der Waals surface area (Å²) in [5.41, 5.74) is 5.82. The van der Waals surface area contributed by atoms with Crippen molar-refractivity contribution in [3.05, 3.63) is 29.3 Å². The molecule has 1 aliphatic heterocycles. The molecule has 1 saturated heterocycles. The largest absolute Gasteiger partial charge is 0.368 e. The van der Waals surface area contributed by atoms with E-state index in [4.69, 9.17) is 17.3 Å². The Morgan fingerprint density at radius 3 is 2.57 bits per heavy atom. The summed E-state index contributed by atoms with van der Waals surface area (Å²) < 4.78 is 0. The van der Waals surface area contributed by atoms with Crippen molar-refractivity contribution in [3.8, 4) is 0 Å². The molecule has 5 nitrogen and oxygen atoms in total. The van der Waals surface area contributed by atoms with Crippen molar-refractivity contribution in [2.45, 2.75) is 29.3 Å². The molecule has 1 aromatic heterocycles. The molecule has 0 radical (unpaired) electrons. The van der Waals surface area contributed by atoms with Crippen molar-refractivity contribution in [1.29, 1.82) is 0 Å². The first kappa shape index (κ1) is 14.4. The molecule has 0 bridgehead atoms. The van der Waals surface area contributed by atoms with Crippen molar-refractivity contribution < 1.29 is 0 Å². The lowest BCUT2D eigenvalue weighted by molar-refractivity contribution is 0.565. The maximum absolute atomic E-state index is 6.17. The second-order valence-corrected chi connectivity index (χ2v) is 6.27. The third-order valence-corrected chi connectivity index (χ3v) is 4.68. The number of nitrogens with zero attached hydrogens (tertiary/aromatic N) is 4. The normalized spacial score (nSPS) is 15.2. The Morgan fingerprint density at radius 2 is 1.81 bits per heavy atom. The van der Waals surface area contributed by atoms with E-state index < -0.39 is 0 Å². The van der Waals surface area contributed by atoms with Crippen LogP contribution in [0.4, 0.5) is 11.9 Å². The van der Waals surface area contributed by atoms with Crippen LogP contribution >= 0.6 is 23.4 Å². The SMILES string of the molecule is Nc1nc(Sc2ccccc2Cl)nc(N2CCCCC2)n1. The molecule has 0 aliphatic carbocycles. The van der Waals surface area contributed by atoms with Gasteiger partial charge in [0.05, 0.1) is 5.02 Å². The van der Waals surface area contributed by atoms with Gasteiger partial charge in [0.25, 0.3) is 0 Å². The third-order valence-electron chi connectivity index (χ3n) is 3.30. The van der Waals surface area contributed by atoms with Gasteiger partial charge in [-0.25, -0.2) is 0 Å². The second kappa shape index (κ2) is 6.49. The van der Waals surface area contributed by atoms with Gasteiger partial charge in [0, 0.05) is 18.0 Å². The predicted octanol–water partition coefficient (Wildman–Crippen LogP) is 3.25. The fraction of sp³-hybridized carbons (Fsp3) is 0.357. The van der Waals surface area contributed by atoms with E-state index in [-0.39, 0.29) is 5.95 Å². The first-order valence-corrected chi connectivity index (χ1v) is 8.11. The highest BCUT2D eigenvalue weighted by atomic mass is 35.5. The lowest BCUT2D eigenvalue weighted by Crippen LogP contribution is -2.31. The van der Waals surface area contributed by atoms with Crippen molar-refractivity contribution in [1.82, 2.24) is 15.0 Å². The van der Waals surface area contributed by atoms with Gasteiger partial charge in [-0.2, -0.15) is 15.0 Å². The van der Waals surface area contributed by atoms with Crippen LogP contribution < -0.4 is 10.6 Å². The van der Waals surface area contributed by atoms with Crippen LogP contribution in [0.5, 0.6) is 0 Å². The van der Waals surface area contributed by atoms with Gasteiger partial charge < -0.3 is 10.6 Å². The molecule has 3 rings (SSSR count). The smallest absolute Gasteiger partial charge is 0.231 e. The van der Waals surface area contributed by atoms with E-state index >= 15 is 0 Å². The minimum absolute atomic E-state index is 0.250. The second-order valence-electron chi connectivity index (χ2n) is 4.86. The number of hydrogen-bond donors (Lipinski definition) is 1. The maximum Gasteiger partial charge on any atom is 0.231 e. The van der Waals surface area contributed by atoms with Crippen molar-refractivity contribution in [2.75, 3.05) is 23.7 Å². The summed E-state index contributed by atoms with van der Waals surface area (Å²) in [7, 11) is 0. The monoisotopic (exact) mass is 321 g/mol. The summed E-state index contributed by atoms with van der Waals surface area (Å²) in [5, 5.41) is 1.26. The Kier molecular flexibility index (Phi) is 4.45. The Balaban J connectivity index is 1.85. The summed E-state index contributed by atoms with van der Waals surface area (Å²) in [6.07, 6.45) is 3.59. The average Bonchev–Trinajstić information content (AvgIpc) is 2.50. The lowest BCUT2D eigenvalue weighted by atomic mass is 10.1. The first-order valence-electron chi connectivity index (χ1n) is 6.91. The molecule has 7 heteroatoms. The summed E-state index contributed by atoms with van der Waals surface area (Å²) >= 11 is 7.57. The fourth-order valence-corrected chi connectivity index (χ4v) is 3.29. The molecular weight excluding hydrogens is 306 g/mol. The zero-order valence-electron chi connectivity index (χ0n) is 11.5. The van der Waals surface area contributed by atoms with Gasteiger partial charge in [-0.1, -0.05) is 23.7 Å². The zero-order chi connectivity index (χ0) is 14.7. The van der Waals surface area contributed by atoms with Crippen LogP contribution in [0.15, 0.2) is 34.3 Å². The van der Waals surface area contributed by atoms with E-state index in [1.54, 1.807) is 0 Å². The van der Waals surface area contributed by atoms with Crippen LogP contribution in [0.1, 0.15) is 19.3 Å². The van der Waals surface area contributed by atoms with E-state index in [2.05, 4.69) is 19.9 Å². The van der Waals surface area contributed by atoms with Gasteiger partial charge in [0.2, 0.25) is 11.9 Å². The van der Waals surface area contributed by atoms with E-state index in [1.807, 2.05) is 24.3 Å². The van der Waals surface area contributed by atoms with Crippen LogP contribution in [0, 0.1) is 0 Å². The molecule has 1 aliphatic rings. The maximum atomic E-state index is 6.17. The number of aromatic nitrogens is 3. The Labute approximate surface area is 132 Å². The van der Waals surface area contributed by atoms with Crippen LogP contribution in [0.2, 0.25) is 5.02 Å². The van der Waals surface area contributed by atoms with Crippen molar-refractivity contribution >= 4 is 35.3 Å². The number of nitrogen functional groups attached to an aromatic ring is 1. The van der Waals surface area contributed by atoms with E-state index in [9.17, 15) is 0 Å². The zero-order valence-corrected chi connectivity index (χ0v) is 13.1. The Hall–Kier alpha value is -1.53. The van der Waals surface area contributed by atoms with Crippen LogP contribution in [-0.4, -0.2) is 28.0 Å². The predicted molar refractivity (Wildman–Crippen MR) is 85.9 cm³/mol. The molecular formula is C14H16ClN5S. The molecule has 0 spiro atoms. The third kappa shape index (κ3) is 3.57. The summed E-state index contributed by atoms with van der Waals surface area (Å²) in [4.78, 5) is 16.1. The molecule has 1 aromatic carbocycles. The average molecular weight is 322 g/mol. The molecule has 0 saturated carbocycles. The lowest BCUT2D eigenvalue weighted by Gasteiger charge is -2.26. The van der Waals surface area contributed by atoms with E-state index in [0.29, 0.717) is 16.1 Å². The molecule has 21 heavy (non-hydrogen) atoms. The molecule has 110 valence electrons. The van der Waals surface area contributed by atoms with Crippen LogP contribution in [-0.2, 0) is 0 Å². The minimum Gasteiger partial charge on any atom is -0.368 e. The topological polar surface area (TPSA) is 67.9 Å². The van der Waals surface area contributed by atoms with Crippen molar-refractivity contribution in [2.24, 2.45) is 0 Å². The van der Waals surface area contributed by atoms with Gasteiger partial charge in [-0.05, 0) is 43.2 Å². The Morgan fingerprint density at radius 1 is 1.05 bits per heavy atom. The molecule has 0 unspecified atom stereocenters. The molecule has 2 aromatic rings. The highest BCUT2D eigenvalue weighted by Gasteiger charge is 2.16. The number of halogens is 1.